The number of aryl methyl sites for hydroxylation is 2. The molecule has 6 heteroatoms. The number of hydrogen-bond donors (Lipinski definition) is 2. The summed E-state index contributed by atoms with van der Waals surface area (Å²) in [6.45, 7) is 2.60. The number of carboxylic acid groups (broad SMARTS) is 1. The summed E-state index contributed by atoms with van der Waals surface area (Å²) in [6, 6.07) is 0. The van der Waals surface area contributed by atoms with Crippen LogP contribution in [-0.2, 0) is 16.0 Å². The number of carboxylic acids is 1. The van der Waals surface area contributed by atoms with E-state index in [0.29, 0.717) is 19.4 Å². The second kappa shape index (κ2) is 6.83. The molecule has 1 aliphatic rings. The second-order valence-corrected chi connectivity index (χ2v) is 6.20. The second-order valence-electron chi connectivity index (χ2n) is 5.26. The van der Waals surface area contributed by atoms with Crippen LogP contribution in [0.2, 0.25) is 0 Å². The van der Waals surface area contributed by atoms with Crippen molar-refractivity contribution in [2.75, 3.05) is 6.54 Å². The van der Waals surface area contributed by atoms with E-state index in [1.54, 1.807) is 11.3 Å². The molecule has 0 saturated heterocycles. The third-order valence-electron chi connectivity index (χ3n) is 3.71. The Bertz CT molecular complexity index is 487. The number of aliphatic carboxylic acids is 1. The van der Waals surface area contributed by atoms with Gasteiger partial charge in [0.25, 0.3) is 0 Å². The first-order valence-corrected chi connectivity index (χ1v) is 7.87. The number of nitrogens with zero attached hydrogens (tertiary/aromatic N) is 1. The highest BCUT2D eigenvalue weighted by Crippen LogP contribution is 2.34. The van der Waals surface area contributed by atoms with Crippen molar-refractivity contribution in [3.8, 4) is 0 Å². The standard InChI is InChI=1S/C14H20N2O3S/c1-9-8-20-12(16-9)4-2-3-7-15-13(17)10-5-6-11(10)14(18)19/h8,10-11H,2-7H2,1H3,(H,15,17)(H,18,19). The van der Waals surface area contributed by atoms with Crippen molar-refractivity contribution in [3.05, 3.63) is 16.1 Å². The fourth-order valence-corrected chi connectivity index (χ4v) is 3.19. The lowest BCUT2D eigenvalue weighted by Crippen LogP contribution is -2.44. The summed E-state index contributed by atoms with van der Waals surface area (Å²) < 4.78 is 0. The fourth-order valence-electron chi connectivity index (χ4n) is 2.37. The van der Waals surface area contributed by atoms with Gasteiger partial charge in [-0.25, -0.2) is 4.98 Å². The van der Waals surface area contributed by atoms with E-state index in [9.17, 15) is 9.59 Å². The molecule has 0 radical (unpaired) electrons. The summed E-state index contributed by atoms with van der Waals surface area (Å²) in [7, 11) is 0. The highest BCUT2D eigenvalue weighted by Gasteiger charge is 2.41. The van der Waals surface area contributed by atoms with Gasteiger partial charge in [0.2, 0.25) is 5.91 Å². The molecule has 1 fully saturated rings. The first-order chi connectivity index (χ1) is 9.58. The molecular weight excluding hydrogens is 276 g/mol. The summed E-state index contributed by atoms with van der Waals surface area (Å²) in [5, 5.41) is 14.9. The minimum Gasteiger partial charge on any atom is -0.481 e. The molecule has 1 aromatic rings. The quantitative estimate of drug-likeness (QED) is 0.754. The van der Waals surface area contributed by atoms with E-state index in [1.807, 2.05) is 12.3 Å². The number of nitrogens with one attached hydrogen (secondary N) is 1. The third kappa shape index (κ3) is 3.79. The lowest BCUT2D eigenvalue weighted by Gasteiger charge is -2.31. The van der Waals surface area contributed by atoms with Crippen LogP contribution in [0.1, 0.15) is 36.4 Å². The largest absolute Gasteiger partial charge is 0.481 e. The average molecular weight is 296 g/mol. The Morgan fingerprint density at radius 2 is 2.15 bits per heavy atom. The Morgan fingerprint density at radius 3 is 2.70 bits per heavy atom. The van der Waals surface area contributed by atoms with Crippen LogP contribution >= 0.6 is 11.3 Å². The van der Waals surface area contributed by atoms with Crippen molar-refractivity contribution < 1.29 is 14.7 Å². The van der Waals surface area contributed by atoms with Crippen LogP contribution in [0, 0.1) is 18.8 Å². The van der Waals surface area contributed by atoms with Crippen LogP contribution in [0.15, 0.2) is 5.38 Å². The summed E-state index contributed by atoms with van der Waals surface area (Å²) in [6.07, 6.45) is 4.14. The smallest absolute Gasteiger partial charge is 0.307 e. The van der Waals surface area contributed by atoms with Crippen molar-refractivity contribution in [2.24, 2.45) is 11.8 Å². The van der Waals surface area contributed by atoms with Crippen LogP contribution in [0.5, 0.6) is 0 Å². The maximum absolute atomic E-state index is 11.8. The van der Waals surface area contributed by atoms with E-state index in [2.05, 4.69) is 10.3 Å². The molecule has 2 N–H and O–H groups in total. The van der Waals surface area contributed by atoms with E-state index in [4.69, 9.17) is 5.11 Å². The zero-order valence-corrected chi connectivity index (χ0v) is 12.4. The molecule has 2 atom stereocenters. The summed E-state index contributed by atoms with van der Waals surface area (Å²) >= 11 is 1.67. The molecule has 0 bridgehead atoms. The van der Waals surface area contributed by atoms with Gasteiger partial charge in [-0.2, -0.15) is 0 Å². The lowest BCUT2D eigenvalue weighted by molar-refractivity contribution is -0.152. The van der Waals surface area contributed by atoms with Gasteiger partial charge in [0.05, 0.1) is 16.8 Å². The molecule has 1 aliphatic carbocycles. The van der Waals surface area contributed by atoms with Crippen LogP contribution in [-0.4, -0.2) is 28.5 Å². The Labute approximate surface area is 122 Å². The molecule has 1 saturated carbocycles. The Hall–Kier alpha value is -1.43. The molecule has 2 unspecified atom stereocenters. The van der Waals surface area contributed by atoms with Crippen molar-refractivity contribution in [3.63, 3.8) is 0 Å². The number of carbonyl (C=O) groups is 2. The molecule has 0 aromatic carbocycles. The minimum atomic E-state index is -0.851. The first kappa shape index (κ1) is 15.0. The number of amides is 1. The van der Waals surface area contributed by atoms with Crippen LogP contribution < -0.4 is 5.32 Å². The number of unbranched alkanes of at least 4 members (excludes halogenated alkanes) is 1. The molecule has 5 nitrogen and oxygen atoms in total. The van der Waals surface area contributed by atoms with Gasteiger partial charge < -0.3 is 10.4 Å². The summed E-state index contributed by atoms with van der Waals surface area (Å²) in [5.74, 6) is -1.76. The topological polar surface area (TPSA) is 79.3 Å². The average Bonchev–Trinajstić information content (AvgIpc) is 2.72. The Morgan fingerprint density at radius 1 is 1.40 bits per heavy atom. The Balaban J connectivity index is 1.59. The zero-order chi connectivity index (χ0) is 14.5. The van der Waals surface area contributed by atoms with E-state index in [0.717, 1.165) is 30.0 Å². The fraction of sp³-hybridized carbons (Fsp3) is 0.643. The molecule has 0 aliphatic heterocycles. The highest BCUT2D eigenvalue weighted by molar-refractivity contribution is 7.09. The molecule has 110 valence electrons. The van der Waals surface area contributed by atoms with E-state index >= 15 is 0 Å². The molecule has 2 rings (SSSR count). The van der Waals surface area contributed by atoms with E-state index < -0.39 is 11.9 Å². The van der Waals surface area contributed by atoms with Gasteiger partial charge in [-0.05, 0) is 39.0 Å². The van der Waals surface area contributed by atoms with Crippen LogP contribution in [0.25, 0.3) is 0 Å². The zero-order valence-electron chi connectivity index (χ0n) is 11.6. The minimum absolute atomic E-state index is 0.103. The van der Waals surface area contributed by atoms with Gasteiger partial charge in [-0.1, -0.05) is 0 Å². The normalized spacial score (nSPS) is 21.2. The van der Waals surface area contributed by atoms with Crippen molar-refractivity contribution in [1.29, 1.82) is 0 Å². The van der Waals surface area contributed by atoms with Gasteiger partial charge in [-0.15, -0.1) is 11.3 Å². The van der Waals surface area contributed by atoms with Gasteiger partial charge in [0, 0.05) is 17.6 Å². The molecule has 1 amide bonds. The predicted molar refractivity (Wildman–Crippen MR) is 76.6 cm³/mol. The highest BCUT2D eigenvalue weighted by atomic mass is 32.1. The summed E-state index contributed by atoms with van der Waals surface area (Å²) in [4.78, 5) is 27.0. The van der Waals surface area contributed by atoms with Crippen molar-refractivity contribution in [2.45, 2.75) is 39.0 Å². The first-order valence-electron chi connectivity index (χ1n) is 6.99. The lowest BCUT2D eigenvalue weighted by atomic mass is 9.73. The van der Waals surface area contributed by atoms with Crippen molar-refractivity contribution >= 4 is 23.2 Å². The molecule has 20 heavy (non-hydrogen) atoms. The predicted octanol–water partition coefficient (Wildman–Crippen LogP) is 2.00. The molecule has 1 aromatic heterocycles. The third-order valence-corrected chi connectivity index (χ3v) is 4.74. The summed E-state index contributed by atoms with van der Waals surface area (Å²) in [5.41, 5.74) is 1.06. The number of hydrogen-bond acceptors (Lipinski definition) is 4. The van der Waals surface area contributed by atoms with Gasteiger partial charge in [0.1, 0.15) is 0 Å². The maximum Gasteiger partial charge on any atom is 0.307 e. The number of aromatic nitrogens is 1. The monoisotopic (exact) mass is 296 g/mol. The van der Waals surface area contributed by atoms with Crippen LogP contribution in [0.4, 0.5) is 0 Å². The molecule has 1 heterocycles. The van der Waals surface area contributed by atoms with Gasteiger partial charge in [0.15, 0.2) is 0 Å². The number of rotatable bonds is 7. The Kier molecular flexibility index (Phi) is 5.11. The van der Waals surface area contributed by atoms with E-state index in [1.165, 1.54) is 0 Å². The SMILES string of the molecule is Cc1csc(CCCCNC(=O)C2CCC2C(=O)O)n1. The number of carbonyl (C=O) groups excluding carboxylic acids is 1. The van der Waals surface area contributed by atoms with Gasteiger partial charge in [-0.3, -0.25) is 9.59 Å². The van der Waals surface area contributed by atoms with Gasteiger partial charge >= 0.3 is 5.97 Å². The maximum atomic E-state index is 11.8. The molecular formula is C14H20N2O3S. The molecule has 0 spiro atoms. The number of thiazole rings is 1. The van der Waals surface area contributed by atoms with E-state index in [-0.39, 0.29) is 11.8 Å². The van der Waals surface area contributed by atoms with Crippen molar-refractivity contribution in [1.82, 2.24) is 10.3 Å². The van der Waals surface area contributed by atoms with Crippen LogP contribution in [0.3, 0.4) is 0 Å².